The number of aromatic nitrogens is 2. The molecule has 0 bridgehead atoms. The molecule has 0 saturated carbocycles. The molecule has 1 saturated heterocycles. The maximum absolute atomic E-state index is 12.4. The van der Waals surface area contributed by atoms with Crippen LogP contribution in [-0.2, 0) is 0 Å². The van der Waals surface area contributed by atoms with E-state index in [4.69, 9.17) is 0 Å². The third-order valence-electron chi connectivity index (χ3n) is 3.44. The molecule has 1 amide bonds. The Hall–Kier alpha value is -1.49. The fourth-order valence-corrected chi connectivity index (χ4v) is 2.51. The van der Waals surface area contributed by atoms with Gasteiger partial charge in [-0.15, -0.1) is 0 Å². The van der Waals surface area contributed by atoms with E-state index in [9.17, 15) is 4.79 Å². The van der Waals surface area contributed by atoms with Crippen molar-refractivity contribution in [3.8, 4) is 0 Å². The van der Waals surface area contributed by atoms with Crippen LogP contribution in [0.4, 0.5) is 0 Å². The largest absolute Gasteiger partial charge is 0.337 e. The van der Waals surface area contributed by atoms with Crippen LogP contribution in [0.1, 0.15) is 36.7 Å². The first-order valence-electron chi connectivity index (χ1n) is 7.07. The number of nitrogens with zero attached hydrogens (tertiary/aromatic N) is 3. The number of carbonyl (C=O) groups is 1. The van der Waals surface area contributed by atoms with E-state index in [0.29, 0.717) is 11.6 Å². The lowest BCUT2D eigenvalue weighted by Gasteiger charge is -2.29. The van der Waals surface area contributed by atoms with Gasteiger partial charge in [-0.25, -0.2) is 4.98 Å². The lowest BCUT2D eigenvalue weighted by molar-refractivity contribution is 0.0712. The quantitative estimate of drug-likeness (QED) is 0.869. The zero-order valence-electron chi connectivity index (χ0n) is 11.5. The summed E-state index contributed by atoms with van der Waals surface area (Å²) in [6, 6.07) is 0. The number of hydrogen-bond acceptors (Lipinski definition) is 4. The molecule has 1 aromatic rings. The van der Waals surface area contributed by atoms with Crippen molar-refractivity contribution in [2.24, 2.45) is 5.92 Å². The number of rotatable bonds is 5. The monoisotopic (exact) mass is 262 g/mol. The van der Waals surface area contributed by atoms with E-state index in [0.717, 1.165) is 32.6 Å². The lowest BCUT2D eigenvalue weighted by atomic mass is 9.99. The first-order chi connectivity index (χ1) is 9.31. The molecule has 1 aliphatic heterocycles. The van der Waals surface area contributed by atoms with Crippen molar-refractivity contribution in [2.75, 3.05) is 26.2 Å². The Kier molecular flexibility index (Phi) is 5.27. The molecular weight excluding hydrogens is 240 g/mol. The number of carbonyl (C=O) groups excluding carboxylic acids is 1. The highest BCUT2D eigenvalue weighted by atomic mass is 16.2. The Morgan fingerprint density at radius 1 is 1.53 bits per heavy atom. The van der Waals surface area contributed by atoms with E-state index in [1.165, 1.54) is 12.8 Å². The Bertz CT molecular complexity index is 390. The summed E-state index contributed by atoms with van der Waals surface area (Å²) in [6.07, 6.45) is 8.06. The van der Waals surface area contributed by atoms with E-state index in [1.54, 1.807) is 18.6 Å². The predicted octanol–water partition coefficient (Wildman–Crippen LogP) is 1.33. The van der Waals surface area contributed by atoms with Gasteiger partial charge in [0, 0.05) is 25.5 Å². The van der Waals surface area contributed by atoms with Gasteiger partial charge in [0.2, 0.25) is 0 Å². The van der Waals surface area contributed by atoms with Gasteiger partial charge in [0.25, 0.3) is 5.91 Å². The molecule has 2 heterocycles. The lowest BCUT2D eigenvalue weighted by Crippen LogP contribution is -2.41. The van der Waals surface area contributed by atoms with E-state index in [1.807, 2.05) is 4.90 Å². The molecule has 5 nitrogen and oxygen atoms in total. The predicted molar refractivity (Wildman–Crippen MR) is 73.8 cm³/mol. The maximum atomic E-state index is 12.4. The van der Waals surface area contributed by atoms with Crippen LogP contribution >= 0.6 is 0 Å². The summed E-state index contributed by atoms with van der Waals surface area (Å²) in [7, 11) is 0. The molecule has 1 fully saturated rings. The van der Waals surface area contributed by atoms with Crippen LogP contribution in [-0.4, -0.2) is 47.0 Å². The van der Waals surface area contributed by atoms with Crippen LogP contribution in [0.5, 0.6) is 0 Å². The molecule has 0 spiro atoms. The maximum Gasteiger partial charge on any atom is 0.274 e. The Morgan fingerprint density at radius 2 is 2.42 bits per heavy atom. The van der Waals surface area contributed by atoms with Crippen LogP contribution in [0.2, 0.25) is 0 Å². The molecule has 0 radical (unpaired) electrons. The number of hydrogen-bond donors (Lipinski definition) is 1. The second kappa shape index (κ2) is 7.19. The number of nitrogens with one attached hydrogen (secondary N) is 1. The summed E-state index contributed by atoms with van der Waals surface area (Å²) in [6.45, 7) is 5.80. The highest BCUT2D eigenvalue weighted by Gasteiger charge is 2.21. The van der Waals surface area contributed by atoms with Crippen molar-refractivity contribution in [1.82, 2.24) is 20.2 Å². The van der Waals surface area contributed by atoms with Crippen molar-refractivity contribution in [3.05, 3.63) is 24.3 Å². The molecule has 5 heteroatoms. The highest BCUT2D eigenvalue weighted by Crippen LogP contribution is 2.13. The zero-order chi connectivity index (χ0) is 13.5. The van der Waals surface area contributed by atoms with Gasteiger partial charge in [0.05, 0.1) is 6.20 Å². The number of piperidine rings is 1. The van der Waals surface area contributed by atoms with E-state index < -0.39 is 0 Å². The zero-order valence-corrected chi connectivity index (χ0v) is 11.5. The third kappa shape index (κ3) is 3.99. The van der Waals surface area contributed by atoms with Gasteiger partial charge in [-0.1, -0.05) is 6.92 Å². The Labute approximate surface area is 114 Å². The summed E-state index contributed by atoms with van der Waals surface area (Å²) < 4.78 is 0. The topological polar surface area (TPSA) is 58.1 Å². The van der Waals surface area contributed by atoms with Crippen molar-refractivity contribution >= 4 is 5.91 Å². The fraction of sp³-hybridized carbons (Fsp3) is 0.643. The summed E-state index contributed by atoms with van der Waals surface area (Å²) in [5, 5.41) is 3.40. The molecule has 0 aromatic carbocycles. The SMILES string of the molecule is CCCN(CC1CCCNC1)C(=O)c1cnccn1. The summed E-state index contributed by atoms with van der Waals surface area (Å²) in [4.78, 5) is 22.4. The van der Waals surface area contributed by atoms with Gasteiger partial charge in [-0.05, 0) is 38.3 Å². The molecular formula is C14H22N4O. The van der Waals surface area contributed by atoms with Crippen LogP contribution in [0.3, 0.4) is 0 Å². The smallest absolute Gasteiger partial charge is 0.274 e. The summed E-state index contributed by atoms with van der Waals surface area (Å²) >= 11 is 0. The van der Waals surface area contributed by atoms with Gasteiger partial charge >= 0.3 is 0 Å². The Balaban J connectivity index is 2.00. The van der Waals surface area contributed by atoms with Crippen LogP contribution in [0.25, 0.3) is 0 Å². The van der Waals surface area contributed by atoms with Crippen LogP contribution in [0, 0.1) is 5.92 Å². The van der Waals surface area contributed by atoms with Crippen molar-refractivity contribution in [3.63, 3.8) is 0 Å². The molecule has 1 aromatic heterocycles. The number of amides is 1. The molecule has 2 rings (SSSR count). The van der Waals surface area contributed by atoms with Crippen LogP contribution in [0.15, 0.2) is 18.6 Å². The average Bonchev–Trinajstić information content (AvgIpc) is 2.48. The van der Waals surface area contributed by atoms with E-state index in [2.05, 4.69) is 22.2 Å². The van der Waals surface area contributed by atoms with E-state index >= 15 is 0 Å². The van der Waals surface area contributed by atoms with Crippen molar-refractivity contribution in [2.45, 2.75) is 26.2 Å². The molecule has 1 unspecified atom stereocenters. The molecule has 0 aliphatic carbocycles. The first-order valence-corrected chi connectivity index (χ1v) is 7.07. The third-order valence-corrected chi connectivity index (χ3v) is 3.44. The summed E-state index contributed by atoms with van der Waals surface area (Å²) in [5.74, 6) is 0.557. The molecule has 1 atom stereocenters. The molecule has 104 valence electrons. The second-order valence-electron chi connectivity index (χ2n) is 5.05. The average molecular weight is 262 g/mol. The molecule has 1 aliphatic rings. The second-order valence-corrected chi connectivity index (χ2v) is 5.05. The normalized spacial score (nSPS) is 19.1. The first kappa shape index (κ1) is 13.9. The molecule has 19 heavy (non-hydrogen) atoms. The van der Waals surface area contributed by atoms with Crippen molar-refractivity contribution < 1.29 is 4.79 Å². The minimum Gasteiger partial charge on any atom is -0.337 e. The summed E-state index contributed by atoms with van der Waals surface area (Å²) in [5.41, 5.74) is 0.444. The fourth-order valence-electron chi connectivity index (χ4n) is 2.51. The van der Waals surface area contributed by atoms with E-state index in [-0.39, 0.29) is 5.91 Å². The van der Waals surface area contributed by atoms with Gasteiger partial charge < -0.3 is 10.2 Å². The minimum absolute atomic E-state index is 0.000485. The van der Waals surface area contributed by atoms with Crippen LogP contribution < -0.4 is 5.32 Å². The minimum atomic E-state index is 0.000485. The highest BCUT2D eigenvalue weighted by molar-refractivity contribution is 5.91. The van der Waals surface area contributed by atoms with Gasteiger partial charge in [0.1, 0.15) is 5.69 Å². The Morgan fingerprint density at radius 3 is 3.05 bits per heavy atom. The van der Waals surface area contributed by atoms with Gasteiger partial charge in [-0.2, -0.15) is 0 Å². The van der Waals surface area contributed by atoms with Crippen molar-refractivity contribution in [1.29, 1.82) is 0 Å². The molecule has 1 N–H and O–H groups in total. The standard InChI is InChI=1S/C14H22N4O/c1-2-8-18(11-12-4-3-5-15-9-12)14(19)13-10-16-6-7-17-13/h6-7,10,12,15H,2-5,8-9,11H2,1H3. The van der Waals surface area contributed by atoms with Gasteiger partial charge in [-0.3, -0.25) is 9.78 Å². The van der Waals surface area contributed by atoms with Gasteiger partial charge in [0.15, 0.2) is 0 Å².